The Bertz CT molecular complexity index is 843. The van der Waals surface area contributed by atoms with Gasteiger partial charge in [0.1, 0.15) is 17.0 Å². The highest BCUT2D eigenvalue weighted by Gasteiger charge is 2.61. The zero-order valence-corrected chi connectivity index (χ0v) is 20.0. The second kappa shape index (κ2) is 9.55. The van der Waals surface area contributed by atoms with Gasteiger partial charge >= 0.3 is 6.09 Å². The minimum Gasteiger partial charge on any atom is -0.410 e. The van der Waals surface area contributed by atoms with Crippen molar-refractivity contribution in [3.8, 4) is 5.75 Å². The molecule has 0 aromatic heterocycles. The fourth-order valence-corrected chi connectivity index (χ4v) is 7.54. The van der Waals surface area contributed by atoms with E-state index >= 15 is 0 Å². The largest absolute Gasteiger partial charge is 0.412 e. The molecule has 5 rings (SSSR count). The summed E-state index contributed by atoms with van der Waals surface area (Å²) in [6, 6.07) is 7.98. The minimum absolute atomic E-state index is 0.0837. The predicted molar refractivity (Wildman–Crippen MR) is 127 cm³/mol. The summed E-state index contributed by atoms with van der Waals surface area (Å²) in [5.74, 6) is 3.12. The zero-order valence-electron chi connectivity index (χ0n) is 20.0. The molecule has 6 nitrogen and oxygen atoms in total. The molecular weight excluding hydrogens is 416 g/mol. The number of benzene rings is 1. The number of ether oxygens (including phenoxy) is 1. The molecule has 6 atom stereocenters. The molecule has 182 valence electrons. The Balaban J connectivity index is 1.30. The average molecular weight is 457 g/mol. The van der Waals surface area contributed by atoms with Crippen LogP contribution in [0.5, 0.6) is 5.75 Å². The number of amides is 1. The number of carbonyl (C=O) groups is 1. The minimum atomic E-state index is -0.458. The maximum atomic E-state index is 12.0. The Morgan fingerprint density at radius 1 is 1.21 bits per heavy atom. The summed E-state index contributed by atoms with van der Waals surface area (Å²) in [6.45, 7) is 3.13. The molecule has 1 aliphatic heterocycles. The topological polar surface area (TPSA) is 82.8 Å². The summed E-state index contributed by atoms with van der Waals surface area (Å²) in [5, 5.41) is 2.66. The van der Waals surface area contributed by atoms with Crippen molar-refractivity contribution in [3.05, 3.63) is 29.8 Å². The third-order valence-electron chi connectivity index (χ3n) is 9.00. The lowest BCUT2D eigenvalue weighted by atomic mass is 9.55. The molecule has 1 saturated heterocycles. The molecule has 0 radical (unpaired) electrons. The lowest BCUT2D eigenvalue weighted by Gasteiger charge is -2.50. The van der Waals surface area contributed by atoms with Gasteiger partial charge in [0.25, 0.3) is 0 Å². The van der Waals surface area contributed by atoms with Gasteiger partial charge in [-0.3, -0.25) is 0 Å². The van der Waals surface area contributed by atoms with E-state index in [9.17, 15) is 4.79 Å². The zero-order chi connectivity index (χ0) is 22.9. The number of fused-ring (bicyclic) bond motifs is 3. The maximum Gasteiger partial charge on any atom is 0.412 e. The maximum absolute atomic E-state index is 12.0. The Kier molecular flexibility index (Phi) is 6.69. The van der Waals surface area contributed by atoms with Crippen molar-refractivity contribution in [2.75, 3.05) is 13.1 Å². The van der Waals surface area contributed by atoms with E-state index in [-0.39, 0.29) is 11.2 Å². The molecular formula is C27H40N2O4. The smallest absolute Gasteiger partial charge is 0.410 e. The van der Waals surface area contributed by atoms with Gasteiger partial charge in [-0.25, -0.2) is 14.6 Å². The van der Waals surface area contributed by atoms with Crippen LogP contribution in [0.1, 0.15) is 89.0 Å². The summed E-state index contributed by atoms with van der Waals surface area (Å²) in [6.07, 6.45) is 12.8. The molecule has 1 amide bonds. The first-order valence-corrected chi connectivity index (χ1v) is 13.2. The number of carbonyl (C=O) groups excluding carboxylic acids is 1. The predicted octanol–water partition coefficient (Wildman–Crippen LogP) is 5.46. The van der Waals surface area contributed by atoms with Gasteiger partial charge in [-0.15, -0.1) is 0 Å². The van der Waals surface area contributed by atoms with E-state index in [2.05, 4.69) is 18.3 Å². The first-order valence-electron chi connectivity index (χ1n) is 13.2. The molecule has 4 aliphatic rings. The van der Waals surface area contributed by atoms with Gasteiger partial charge in [0.15, 0.2) is 0 Å². The van der Waals surface area contributed by atoms with E-state index in [4.69, 9.17) is 20.2 Å². The standard InChI is InChI=1S/C27H40N2O4/c1-2-22-14-19-6-3-9-23(15-19)27(22)18-26(32-33-27)11-5-8-21(17-26)20-7-4-10-24(16-20)31-25(30)29-13-12-28/h4,7,10,16,19,21-23H,2-3,5-6,8-9,11-15,17-18,28H2,1H3,(H,29,30)/t19?,21-,22?,23?,26-,27+/m1/s1. The molecule has 1 heterocycles. The number of nitrogens with one attached hydrogen (secondary N) is 1. The summed E-state index contributed by atoms with van der Waals surface area (Å²) < 4.78 is 5.47. The molecule has 1 aromatic rings. The van der Waals surface area contributed by atoms with E-state index in [0.717, 1.165) is 38.0 Å². The van der Waals surface area contributed by atoms with Crippen molar-refractivity contribution in [2.45, 2.75) is 94.7 Å². The van der Waals surface area contributed by atoms with Gasteiger partial charge in [0.05, 0.1) is 0 Å². The van der Waals surface area contributed by atoms with Crippen molar-refractivity contribution in [1.29, 1.82) is 0 Å². The normalized spacial score (nSPS) is 37.9. The molecule has 33 heavy (non-hydrogen) atoms. The van der Waals surface area contributed by atoms with Crippen LogP contribution in [-0.4, -0.2) is 30.4 Å². The van der Waals surface area contributed by atoms with Crippen molar-refractivity contribution >= 4 is 6.09 Å². The van der Waals surface area contributed by atoms with E-state index in [1.165, 1.54) is 44.1 Å². The number of hydrogen-bond acceptors (Lipinski definition) is 5. The lowest BCUT2D eigenvalue weighted by molar-refractivity contribution is -0.378. The fourth-order valence-electron chi connectivity index (χ4n) is 7.54. The second-order valence-corrected chi connectivity index (χ2v) is 11.0. The highest BCUT2D eigenvalue weighted by atomic mass is 17.2. The lowest BCUT2D eigenvalue weighted by Crippen LogP contribution is -2.52. The third-order valence-corrected chi connectivity index (χ3v) is 9.00. The molecule has 2 bridgehead atoms. The molecule has 2 spiro atoms. The van der Waals surface area contributed by atoms with Crippen LogP contribution in [0, 0.1) is 17.8 Å². The molecule has 4 fully saturated rings. The van der Waals surface area contributed by atoms with Gasteiger partial charge in [-0.1, -0.05) is 38.3 Å². The highest BCUT2D eigenvalue weighted by molar-refractivity contribution is 5.70. The van der Waals surface area contributed by atoms with Gasteiger partial charge in [0.2, 0.25) is 0 Å². The van der Waals surface area contributed by atoms with Crippen LogP contribution >= 0.6 is 0 Å². The molecule has 3 saturated carbocycles. The van der Waals surface area contributed by atoms with Crippen LogP contribution in [-0.2, 0) is 9.78 Å². The summed E-state index contributed by atoms with van der Waals surface area (Å²) in [4.78, 5) is 24.8. The van der Waals surface area contributed by atoms with Crippen LogP contribution in [0.4, 0.5) is 4.79 Å². The quantitative estimate of drug-likeness (QED) is 0.575. The first-order chi connectivity index (χ1) is 16.1. The van der Waals surface area contributed by atoms with E-state index in [1.807, 2.05) is 18.2 Å². The molecule has 3 N–H and O–H groups in total. The molecule has 6 heteroatoms. The van der Waals surface area contributed by atoms with Gasteiger partial charge in [0, 0.05) is 19.5 Å². The van der Waals surface area contributed by atoms with Crippen molar-refractivity contribution < 1.29 is 19.3 Å². The summed E-state index contributed by atoms with van der Waals surface area (Å²) in [7, 11) is 0. The first kappa shape index (κ1) is 23.1. The van der Waals surface area contributed by atoms with Crippen molar-refractivity contribution in [2.24, 2.45) is 23.5 Å². The van der Waals surface area contributed by atoms with Crippen LogP contribution in [0.3, 0.4) is 0 Å². The van der Waals surface area contributed by atoms with Crippen LogP contribution in [0.25, 0.3) is 0 Å². The van der Waals surface area contributed by atoms with E-state index in [0.29, 0.717) is 36.6 Å². The Morgan fingerprint density at radius 2 is 2.12 bits per heavy atom. The van der Waals surface area contributed by atoms with Crippen molar-refractivity contribution in [1.82, 2.24) is 5.32 Å². The average Bonchev–Trinajstić information content (AvgIpc) is 3.20. The monoisotopic (exact) mass is 456 g/mol. The van der Waals surface area contributed by atoms with Crippen LogP contribution in [0.2, 0.25) is 0 Å². The van der Waals surface area contributed by atoms with Crippen LogP contribution < -0.4 is 15.8 Å². The molecule has 3 unspecified atom stereocenters. The SMILES string of the molecule is CCC1CC2CCCC(C2)[C@]12C[C@]1(CCC[C@@H](c3cccc(OC(=O)NCCN)c3)C1)OO2. The Hall–Kier alpha value is -1.63. The Labute approximate surface area is 197 Å². The van der Waals surface area contributed by atoms with Gasteiger partial charge < -0.3 is 15.8 Å². The second-order valence-electron chi connectivity index (χ2n) is 11.0. The third kappa shape index (κ3) is 4.54. The molecule has 1 aromatic carbocycles. The number of hydrogen-bond donors (Lipinski definition) is 2. The number of nitrogens with two attached hydrogens (primary N) is 1. The van der Waals surface area contributed by atoms with E-state index < -0.39 is 6.09 Å². The van der Waals surface area contributed by atoms with Gasteiger partial charge in [-0.05, 0) is 86.3 Å². The summed E-state index contributed by atoms with van der Waals surface area (Å²) in [5.41, 5.74) is 6.40. The Morgan fingerprint density at radius 3 is 2.97 bits per heavy atom. The molecule has 3 aliphatic carbocycles. The van der Waals surface area contributed by atoms with E-state index in [1.54, 1.807) is 0 Å². The van der Waals surface area contributed by atoms with Crippen LogP contribution in [0.15, 0.2) is 24.3 Å². The fraction of sp³-hybridized carbons (Fsp3) is 0.741. The van der Waals surface area contributed by atoms with Gasteiger partial charge in [-0.2, -0.15) is 0 Å². The highest BCUT2D eigenvalue weighted by Crippen LogP contribution is 2.60. The summed E-state index contributed by atoms with van der Waals surface area (Å²) >= 11 is 0. The van der Waals surface area contributed by atoms with Crippen molar-refractivity contribution in [3.63, 3.8) is 0 Å². The number of rotatable bonds is 5.